The van der Waals surface area contributed by atoms with Gasteiger partial charge in [0, 0.05) is 31.0 Å². The molecule has 1 amide bonds. The van der Waals surface area contributed by atoms with E-state index in [2.05, 4.69) is 25.3 Å². The Morgan fingerprint density at radius 1 is 1.14 bits per heavy atom. The summed E-state index contributed by atoms with van der Waals surface area (Å²) in [4.78, 5) is 30.7. The Balaban J connectivity index is 1.60. The summed E-state index contributed by atoms with van der Waals surface area (Å²) in [5, 5.41) is 2.92. The van der Waals surface area contributed by atoms with Gasteiger partial charge in [0.25, 0.3) is 5.91 Å². The summed E-state index contributed by atoms with van der Waals surface area (Å²) in [6.45, 7) is 3.94. The Kier molecular flexibility index (Phi) is 6.92. The number of amides is 1. The average molecular weight is 490 g/mol. The molecule has 0 spiro atoms. The van der Waals surface area contributed by atoms with Gasteiger partial charge >= 0.3 is 6.18 Å². The lowest BCUT2D eigenvalue weighted by Crippen LogP contribution is -2.58. The van der Waals surface area contributed by atoms with Gasteiger partial charge in [-0.25, -0.2) is 24.3 Å². The summed E-state index contributed by atoms with van der Waals surface area (Å²) in [7, 11) is 0. The number of hydrogen-bond acceptors (Lipinski definition) is 7. The summed E-state index contributed by atoms with van der Waals surface area (Å²) in [5.74, 6) is -0.642. The topological polar surface area (TPSA) is 93.1 Å². The van der Waals surface area contributed by atoms with E-state index in [0.717, 1.165) is 12.3 Å². The number of aromatic nitrogens is 4. The Labute approximate surface area is 198 Å². The van der Waals surface area contributed by atoms with Gasteiger partial charge in [-0.2, -0.15) is 13.2 Å². The smallest absolute Gasteiger partial charge is 0.372 e. The van der Waals surface area contributed by atoms with E-state index >= 15 is 0 Å². The van der Waals surface area contributed by atoms with Crippen molar-refractivity contribution in [2.24, 2.45) is 0 Å². The number of morpholine rings is 1. The number of rotatable bonds is 5. The molecule has 0 aliphatic carbocycles. The van der Waals surface area contributed by atoms with E-state index in [4.69, 9.17) is 4.74 Å². The molecule has 0 radical (unpaired) electrons. The normalized spacial score (nSPS) is 20.5. The highest BCUT2D eigenvalue weighted by Gasteiger charge is 2.37. The first-order valence-corrected chi connectivity index (χ1v) is 10.8. The second-order valence-electron chi connectivity index (χ2n) is 8.10. The summed E-state index contributed by atoms with van der Waals surface area (Å²) in [5.41, 5.74) is -0.634. The van der Waals surface area contributed by atoms with Crippen LogP contribution in [0, 0.1) is 5.82 Å². The molecule has 1 saturated heterocycles. The SMILES string of the molecule is C[C@@H]1O[C@@H](C)CN(C(=O)c2cc(F)ccc2-c2ncccn2)C1CNc1cnc(C(F)(F)F)cn1. The Morgan fingerprint density at radius 3 is 2.54 bits per heavy atom. The number of anilines is 1. The van der Waals surface area contributed by atoms with Crippen molar-refractivity contribution in [1.82, 2.24) is 24.8 Å². The molecule has 3 aromatic rings. The number of nitrogens with zero attached hydrogens (tertiary/aromatic N) is 5. The minimum absolute atomic E-state index is 0.0943. The molecule has 184 valence electrons. The molecular weight excluding hydrogens is 468 g/mol. The number of carbonyl (C=O) groups is 1. The van der Waals surface area contributed by atoms with Crippen LogP contribution in [0.3, 0.4) is 0 Å². The zero-order chi connectivity index (χ0) is 25.2. The van der Waals surface area contributed by atoms with Crippen molar-refractivity contribution >= 4 is 11.7 Å². The molecule has 1 aromatic carbocycles. The number of benzene rings is 1. The van der Waals surface area contributed by atoms with Gasteiger partial charge < -0.3 is 15.0 Å². The Morgan fingerprint density at radius 2 is 1.89 bits per heavy atom. The van der Waals surface area contributed by atoms with E-state index in [-0.39, 0.29) is 36.4 Å². The van der Waals surface area contributed by atoms with Crippen molar-refractivity contribution in [2.75, 3.05) is 18.4 Å². The number of nitrogens with one attached hydrogen (secondary N) is 1. The van der Waals surface area contributed by atoms with Crippen molar-refractivity contribution in [2.45, 2.75) is 38.3 Å². The van der Waals surface area contributed by atoms with Crippen LogP contribution in [-0.2, 0) is 10.9 Å². The molecule has 0 bridgehead atoms. The Hall–Kier alpha value is -3.67. The largest absolute Gasteiger partial charge is 0.434 e. The predicted octanol–water partition coefficient (Wildman–Crippen LogP) is 3.82. The van der Waals surface area contributed by atoms with Gasteiger partial charge in [-0.05, 0) is 38.1 Å². The van der Waals surface area contributed by atoms with E-state index in [9.17, 15) is 22.4 Å². The highest BCUT2D eigenvalue weighted by atomic mass is 19.4. The second-order valence-corrected chi connectivity index (χ2v) is 8.10. The molecule has 1 N–H and O–H groups in total. The maximum absolute atomic E-state index is 14.2. The van der Waals surface area contributed by atoms with Crippen LogP contribution in [0.1, 0.15) is 29.9 Å². The lowest BCUT2D eigenvalue weighted by atomic mass is 10.0. The molecule has 35 heavy (non-hydrogen) atoms. The monoisotopic (exact) mass is 490 g/mol. The van der Waals surface area contributed by atoms with E-state index in [1.165, 1.54) is 24.5 Å². The quantitative estimate of drug-likeness (QED) is 0.544. The fraction of sp³-hybridized carbons (Fsp3) is 0.348. The van der Waals surface area contributed by atoms with Crippen molar-refractivity contribution in [3.63, 3.8) is 0 Å². The van der Waals surface area contributed by atoms with Gasteiger partial charge in [-0.15, -0.1) is 0 Å². The first-order chi connectivity index (χ1) is 16.6. The van der Waals surface area contributed by atoms with Crippen LogP contribution >= 0.6 is 0 Å². The molecule has 0 saturated carbocycles. The number of ether oxygens (including phenoxy) is 1. The molecule has 1 aliphatic rings. The number of halogens is 4. The fourth-order valence-corrected chi connectivity index (χ4v) is 3.93. The van der Waals surface area contributed by atoms with Gasteiger partial charge in [-0.1, -0.05) is 0 Å². The molecule has 1 aliphatic heterocycles. The van der Waals surface area contributed by atoms with Crippen LogP contribution < -0.4 is 5.32 Å². The lowest BCUT2D eigenvalue weighted by molar-refractivity contribution is -0.141. The lowest BCUT2D eigenvalue weighted by Gasteiger charge is -2.43. The van der Waals surface area contributed by atoms with Gasteiger partial charge in [-0.3, -0.25) is 4.79 Å². The molecule has 2 aromatic heterocycles. The van der Waals surface area contributed by atoms with Crippen molar-refractivity contribution in [3.05, 3.63) is 66.1 Å². The van der Waals surface area contributed by atoms with Crippen LogP contribution in [0.4, 0.5) is 23.4 Å². The highest BCUT2D eigenvalue weighted by molar-refractivity contribution is 6.00. The molecule has 12 heteroatoms. The molecule has 8 nitrogen and oxygen atoms in total. The fourth-order valence-electron chi connectivity index (χ4n) is 3.93. The summed E-state index contributed by atoms with van der Waals surface area (Å²) in [6, 6.07) is 4.93. The van der Waals surface area contributed by atoms with Crippen LogP contribution in [0.5, 0.6) is 0 Å². The highest BCUT2D eigenvalue weighted by Crippen LogP contribution is 2.28. The van der Waals surface area contributed by atoms with Crippen molar-refractivity contribution in [3.8, 4) is 11.4 Å². The van der Waals surface area contributed by atoms with Crippen LogP contribution in [0.15, 0.2) is 49.1 Å². The summed E-state index contributed by atoms with van der Waals surface area (Å²) >= 11 is 0. The maximum Gasteiger partial charge on any atom is 0.434 e. The molecule has 4 rings (SSSR count). The van der Waals surface area contributed by atoms with E-state index in [1.54, 1.807) is 17.9 Å². The van der Waals surface area contributed by atoms with Gasteiger partial charge in [0.05, 0.1) is 36.2 Å². The van der Waals surface area contributed by atoms with Gasteiger partial charge in [0.2, 0.25) is 0 Å². The minimum atomic E-state index is -4.60. The zero-order valence-electron chi connectivity index (χ0n) is 18.8. The summed E-state index contributed by atoms with van der Waals surface area (Å²) in [6.07, 6.45) is -0.658. The van der Waals surface area contributed by atoms with Crippen molar-refractivity contribution in [1.29, 1.82) is 0 Å². The van der Waals surface area contributed by atoms with E-state index < -0.39 is 35.7 Å². The molecule has 1 fully saturated rings. The molecular formula is C23H22F4N6O2. The molecule has 1 unspecified atom stereocenters. The van der Waals surface area contributed by atoms with Gasteiger partial charge in [0.15, 0.2) is 11.5 Å². The van der Waals surface area contributed by atoms with Crippen LogP contribution in [0.2, 0.25) is 0 Å². The van der Waals surface area contributed by atoms with Crippen LogP contribution in [0.25, 0.3) is 11.4 Å². The van der Waals surface area contributed by atoms with E-state index in [1.807, 2.05) is 6.92 Å². The first-order valence-electron chi connectivity index (χ1n) is 10.8. The number of alkyl halides is 3. The third-order valence-corrected chi connectivity index (χ3v) is 5.56. The minimum Gasteiger partial charge on any atom is -0.372 e. The standard InChI is InChI=1S/C23H22F4N6O2/c1-13-12-33(22(34)17-8-15(24)4-5-16(17)21-28-6-3-7-29-21)18(14(2)35-13)9-31-20-11-30-19(10-32-20)23(25,26)27/h3-8,10-11,13-14,18H,9,12H2,1-2H3,(H,31,32)/t13-,14-,18?/m0/s1. The zero-order valence-corrected chi connectivity index (χ0v) is 18.8. The van der Waals surface area contributed by atoms with Crippen molar-refractivity contribution < 1.29 is 27.1 Å². The third kappa shape index (κ3) is 5.53. The van der Waals surface area contributed by atoms with Gasteiger partial charge in [0.1, 0.15) is 11.6 Å². The molecule has 3 atom stereocenters. The average Bonchev–Trinajstić information content (AvgIpc) is 2.83. The number of carbonyl (C=O) groups excluding carboxylic acids is 1. The molecule has 3 heterocycles. The third-order valence-electron chi connectivity index (χ3n) is 5.56. The summed E-state index contributed by atoms with van der Waals surface area (Å²) < 4.78 is 58.3. The predicted molar refractivity (Wildman–Crippen MR) is 118 cm³/mol. The maximum atomic E-state index is 14.2. The first kappa shape index (κ1) is 24.5. The second kappa shape index (κ2) is 9.90. The van der Waals surface area contributed by atoms with E-state index in [0.29, 0.717) is 11.8 Å². The Bertz CT molecular complexity index is 1180. The van der Waals surface area contributed by atoms with Crippen LogP contribution in [-0.4, -0.2) is 62.1 Å². The number of hydrogen-bond donors (Lipinski definition) is 1.